The zero-order valence-electron chi connectivity index (χ0n) is 6.34. The Morgan fingerprint density at radius 3 is 2.18 bits per heavy atom. The molecule has 0 bridgehead atoms. The van der Waals surface area contributed by atoms with Crippen molar-refractivity contribution in [3.05, 3.63) is 11.4 Å². The van der Waals surface area contributed by atoms with Gasteiger partial charge >= 0.3 is 11.5 Å². The summed E-state index contributed by atoms with van der Waals surface area (Å²) in [4.78, 5) is 13.9. The minimum Gasteiger partial charge on any atom is -0.475 e. The summed E-state index contributed by atoms with van der Waals surface area (Å²) < 4.78 is 0. The average molecular weight is 153 g/mol. The number of carbonyl (C=O) groups is 1. The highest BCUT2D eigenvalue weighted by Gasteiger charge is 2.46. The van der Waals surface area contributed by atoms with Crippen molar-refractivity contribution in [2.24, 2.45) is 0 Å². The van der Waals surface area contributed by atoms with Crippen LogP contribution in [0.25, 0.3) is 4.85 Å². The van der Waals surface area contributed by atoms with Gasteiger partial charge in [-0.15, -0.1) is 0 Å². The van der Waals surface area contributed by atoms with Gasteiger partial charge in [-0.25, -0.2) is 11.4 Å². The molecule has 1 aliphatic rings. The van der Waals surface area contributed by atoms with Gasteiger partial charge in [-0.1, -0.05) is 6.42 Å². The minimum absolute atomic E-state index is 0.534. The van der Waals surface area contributed by atoms with Crippen LogP contribution in [-0.2, 0) is 4.79 Å². The molecular weight excluding hydrogens is 142 g/mol. The van der Waals surface area contributed by atoms with Crippen LogP contribution >= 0.6 is 0 Å². The molecule has 0 aromatic heterocycles. The van der Waals surface area contributed by atoms with Crippen LogP contribution in [0, 0.1) is 6.57 Å². The summed E-state index contributed by atoms with van der Waals surface area (Å²) in [5.74, 6) is -0.938. The lowest BCUT2D eigenvalue weighted by molar-refractivity contribution is -0.142. The predicted octanol–water partition coefficient (Wildman–Crippen LogP) is 1.69. The SMILES string of the molecule is [C-]#[N+]C1(C(=O)O)CCCCC1. The molecule has 0 spiro atoms. The Labute approximate surface area is 65.8 Å². The van der Waals surface area contributed by atoms with Gasteiger partial charge in [-0.05, 0) is 12.8 Å². The Morgan fingerprint density at radius 2 is 1.91 bits per heavy atom. The Balaban J connectivity index is 2.75. The van der Waals surface area contributed by atoms with Crippen LogP contribution in [0.15, 0.2) is 0 Å². The van der Waals surface area contributed by atoms with Crippen LogP contribution in [0.3, 0.4) is 0 Å². The number of carboxylic acids is 1. The predicted molar refractivity (Wildman–Crippen MR) is 40.1 cm³/mol. The summed E-state index contributed by atoms with van der Waals surface area (Å²) in [6, 6.07) is 0. The first-order valence-electron chi connectivity index (χ1n) is 3.83. The van der Waals surface area contributed by atoms with Gasteiger partial charge in [0.15, 0.2) is 0 Å². The van der Waals surface area contributed by atoms with Crippen molar-refractivity contribution in [3.8, 4) is 0 Å². The molecule has 1 aliphatic carbocycles. The van der Waals surface area contributed by atoms with Crippen LogP contribution in [-0.4, -0.2) is 16.6 Å². The number of rotatable bonds is 1. The Hall–Kier alpha value is -1.04. The molecular formula is C8H11NO2. The lowest BCUT2D eigenvalue weighted by Gasteiger charge is -2.21. The maximum Gasteiger partial charge on any atom is 0.390 e. The first-order chi connectivity index (χ1) is 5.21. The van der Waals surface area contributed by atoms with Crippen molar-refractivity contribution in [1.82, 2.24) is 0 Å². The van der Waals surface area contributed by atoms with E-state index >= 15 is 0 Å². The number of aliphatic carboxylic acids is 1. The van der Waals surface area contributed by atoms with Crippen molar-refractivity contribution >= 4 is 5.97 Å². The Bertz CT molecular complexity index is 199. The molecule has 3 heteroatoms. The van der Waals surface area contributed by atoms with Gasteiger partial charge in [0.25, 0.3) is 0 Å². The highest BCUT2D eigenvalue weighted by atomic mass is 16.4. The topological polar surface area (TPSA) is 41.7 Å². The van der Waals surface area contributed by atoms with Crippen molar-refractivity contribution in [2.45, 2.75) is 37.6 Å². The molecule has 0 aliphatic heterocycles. The Morgan fingerprint density at radius 1 is 1.36 bits per heavy atom. The first kappa shape index (κ1) is 8.06. The molecule has 11 heavy (non-hydrogen) atoms. The molecule has 1 saturated carbocycles. The molecule has 60 valence electrons. The van der Waals surface area contributed by atoms with E-state index in [1.165, 1.54) is 0 Å². The van der Waals surface area contributed by atoms with E-state index in [9.17, 15) is 4.79 Å². The van der Waals surface area contributed by atoms with E-state index in [0.29, 0.717) is 12.8 Å². The molecule has 0 radical (unpaired) electrons. The lowest BCUT2D eigenvalue weighted by atomic mass is 9.82. The third-order valence-corrected chi connectivity index (χ3v) is 2.29. The van der Waals surface area contributed by atoms with E-state index < -0.39 is 11.5 Å². The van der Waals surface area contributed by atoms with Gasteiger partial charge in [0, 0.05) is 12.8 Å². The van der Waals surface area contributed by atoms with Crippen LogP contribution in [0.2, 0.25) is 0 Å². The van der Waals surface area contributed by atoms with Gasteiger partial charge in [0.2, 0.25) is 0 Å². The van der Waals surface area contributed by atoms with Gasteiger partial charge < -0.3 is 5.11 Å². The molecule has 0 aromatic rings. The lowest BCUT2D eigenvalue weighted by Crippen LogP contribution is -2.36. The van der Waals surface area contributed by atoms with Crippen LogP contribution in [0.5, 0.6) is 0 Å². The molecule has 0 aromatic carbocycles. The molecule has 1 N–H and O–H groups in total. The summed E-state index contributed by atoms with van der Waals surface area (Å²) in [5.41, 5.74) is -1.07. The van der Waals surface area contributed by atoms with E-state index in [1.54, 1.807) is 0 Å². The van der Waals surface area contributed by atoms with Gasteiger partial charge in [0.1, 0.15) is 0 Å². The fourth-order valence-corrected chi connectivity index (χ4v) is 1.51. The zero-order chi connectivity index (χ0) is 8.32. The number of hydrogen-bond donors (Lipinski definition) is 1. The summed E-state index contributed by atoms with van der Waals surface area (Å²) in [6.07, 6.45) is 3.91. The minimum atomic E-state index is -1.07. The monoisotopic (exact) mass is 153 g/mol. The summed E-state index contributed by atoms with van der Waals surface area (Å²) >= 11 is 0. The standard InChI is InChI=1S/C8H11NO2/c1-9-8(7(10)11)5-3-2-4-6-8/h2-6H2,(H,10,11). The van der Waals surface area contributed by atoms with E-state index in [4.69, 9.17) is 11.7 Å². The number of carboxylic acid groups (broad SMARTS) is 1. The maximum absolute atomic E-state index is 10.7. The largest absolute Gasteiger partial charge is 0.475 e. The molecule has 0 atom stereocenters. The van der Waals surface area contributed by atoms with Gasteiger partial charge in [-0.2, -0.15) is 0 Å². The van der Waals surface area contributed by atoms with Crippen molar-refractivity contribution in [1.29, 1.82) is 0 Å². The average Bonchev–Trinajstić information content (AvgIpc) is 2.05. The number of nitrogens with zero attached hydrogens (tertiary/aromatic N) is 1. The number of hydrogen-bond acceptors (Lipinski definition) is 1. The normalized spacial score (nSPS) is 22.1. The third-order valence-electron chi connectivity index (χ3n) is 2.29. The Kier molecular flexibility index (Phi) is 2.13. The first-order valence-corrected chi connectivity index (χ1v) is 3.83. The summed E-state index contributed by atoms with van der Waals surface area (Å²) in [6.45, 7) is 6.82. The fourth-order valence-electron chi connectivity index (χ4n) is 1.51. The molecule has 3 nitrogen and oxygen atoms in total. The van der Waals surface area contributed by atoms with Crippen molar-refractivity contribution in [3.63, 3.8) is 0 Å². The van der Waals surface area contributed by atoms with E-state index in [-0.39, 0.29) is 0 Å². The molecule has 0 unspecified atom stereocenters. The molecule has 0 heterocycles. The fraction of sp³-hybridized carbons (Fsp3) is 0.750. The highest BCUT2D eigenvalue weighted by Crippen LogP contribution is 2.31. The van der Waals surface area contributed by atoms with Crippen molar-refractivity contribution in [2.75, 3.05) is 0 Å². The third kappa shape index (κ3) is 1.35. The van der Waals surface area contributed by atoms with Crippen LogP contribution in [0.4, 0.5) is 0 Å². The smallest absolute Gasteiger partial charge is 0.390 e. The second-order valence-corrected chi connectivity index (χ2v) is 3.01. The van der Waals surface area contributed by atoms with E-state index in [2.05, 4.69) is 4.85 Å². The molecule has 1 fully saturated rings. The molecule has 1 rings (SSSR count). The van der Waals surface area contributed by atoms with Gasteiger partial charge in [-0.3, -0.25) is 4.85 Å². The second-order valence-electron chi connectivity index (χ2n) is 3.01. The molecule has 0 saturated heterocycles. The van der Waals surface area contributed by atoms with E-state index in [0.717, 1.165) is 19.3 Å². The van der Waals surface area contributed by atoms with Crippen LogP contribution in [0.1, 0.15) is 32.1 Å². The quantitative estimate of drug-likeness (QED) is 0.582. The summed E-state index contributed by atoms with van der Waals surface area (Å²) in [5, 5.41) is 8.78. The highest BCUT2D eigenvalue weighted by molar-refractivity contribution is 5.81. The van der Waals surface area contributed by atoms with Crippen molar-refractivity contribution < 1.29 is 9.90 Å². The molecule has 0 amide bonds. The summed E-state index contributed by atoms with van der Waals surface area (Å²) in [7, 11) is 0. The zero-order valence-corrected chi connectivity index (χ0v) is 6.34. The maximum atomic E-state index is 10.7. The van der Waals surface area contributed by atoms with E-state index in [1.807, 2.05) is 0 Å². The second kappa shape index (κ2) is 2.91. The van der Waals surface area contributed by atoms with Crippen LogP contribution < -0.4 is 0 Å². The van der Waals surface area contributed by atoms with Gasteiger partial charge in [0.05, 0.1) is 0 Å².